The first-order valence-corrected chi connectivity index (χ1v) is 10.2. The third kappa shape index (κ3) is 4.60. The van der Waals surface area contributed by atoms with E-state index in [-0.39, 0.29) is 22.9 Å². The van der Waals surface area contributed by atoms with E-state index in [0.717, 1.165) is 11.1 Å². The Morgan fingerprint density at radius 2 is 1.84 bits per heavy atom. The summed E-state index contributed by atoms with van der Waals surface area (Å²) in [6, 6.07) is 18.9. The third-order valence-electron chi connectivity index (χ3n) is 4.75. The van der Waals surface area contributed by atoms with Crippen LogP contribution in [0.4, 0.5) is 0 Å². The molecule has 0 radical (unpaired) electrons. The predicted molar refractivity (Wildman–Crippen MR) is 119 cm³/mol. The minimum atomic E-state index is -1.13. The summed E-state index contributed by atoms with van der Waals surface area (Å²) in [7, 11) is 0. The molecule has 0 N–H and O–H groups in total. The van der Waals surface area contributed by atoms with E-state index in [2.05, 4.69) is 10.3 Å². The lowest BCUT2D eigenvalue weighted by atomic mass is 10.0. The van der Waals surface area contributed by atoms with Crippen molar-refractivity contribution in [2.75, 3.05) is 0 Å². The van der Waals surface area contributed by atoms with E-state index in [4.69, 9.17) is 27.9 Å². The summed E-state index contributed by atoms with van der Waals surface area (Å²) in [5.41, 5.74) is 2.88. The molecule has 0 fully saturated rings. The molecule has 0 aliphatic heterocycles. The zero-order valence-corrected chi connectivity index (χ0v) is 18.0. The van der Waals surface area contributed by atoms with E-state index in [0.29, 0.717) is 16.1 Å². The fourth-order valence-electron chi connectivity index (χ4n) is 3.21. The van der Waals surface area contributed by atoms with Crippen LogP contribution in [0.2, 0.25) is 10.0 Å². The number of Topliss-reactive ketones (excluding diaryl/α,β-unsaturated/α-hetero) is 1. The molecule has 1 unspecified atom stereocenters. The van der Waals surface area contributed by atoms with Crippen molar-refractivity contribution in [3.05, 3.63) is 93.5 Å². The van der Waals surface area contributed by atoms with Gasteiger partial charge in [-0.2, -0.15) is 0 Å². The van der Waals surface area contributed by atoms with Gasteiger partial charge in [0.1, 0.15) is 5.52 Å². The lowest BCUT2D eigenvalue weighted by Gasteiger charge is -2.18. The summed E-state index contributed by atoms with van der Waals surface area (Å²) in [6.45, 7) is 1.89. The van der Waals surface area contributed by atoms with Gasteiger partial charge in [-0.3, -0.25) is 4.79 Å². The lowest BCUT2D eigenvalue weighted by molar-refractivity contribution is 0.0245. The summed E-state index contributed by atoms with van der Waals surface area (Å²) in [6.07, 6.45) is -1.13. The molecule has 0 saturated carbocycles. The molecule has 0 aliphatic carbocycles. The van der Waals surface area contributed by atoms with Crippen LogP contribution in [0.5, 0.6) is 0 Å². The Balaban J connectivity index is 1.68. The predicted octanol–water partition coefficient (Wildman–Crippen LogP) is 5.16. The fraction of sp³-hybridized carbons (Fsp3) is 0.130. The van der Waals surface area contributed by atoms with Crippen molar-refractivity contribution in [2.45, 2.75) is 19.6 Å². The van der Waals surface area contributed by atoms with Crippen LogP contribution in [0, 0.1) is 6.92 Å². The van der Waals surface area contributed by atoms with Gasteiger partial charge >= 0.3 is 5.97 Å². The van der Waals surface area contributed by atoms with Crippen molar-refractivity contribution in [1.29, 1.82) is 0 Å². The largest absolute Gasteiger partial charge is 0.448 e. The SMILES string of the molecule is Cc1cccc(C(=O)C(Cn2nnc3ccccc32)OC(=O)c2ccc(Cl)cc2Cl)c1. The number of aryl methyl sites for hydroxylation is 1. The molecular formula is C23H17Cl2N3O3. The monoisotopic (exact) mass is 453 g/mol. The molecule has 31 heavy (non-hydrogen) atoms. The average molecular weight is 454 g/mol. The number of hydrogen-bond acceptors (Lipinski definition) is 5. The molecule has 0 amide bonds. The molecule has 0 bridgehead atoms. The lowest BCUT2D eigenvalue weighted by Crippen LogP contribution is -2.32. The molecule has 1 aromatic heterocycles. The van der Waals surface area contributed by atoms with Crippen molar-refractivity contribution in [3.8, 4) is 0 Å². The quantitative estimate of drug-likeness (QED) is 0.297. The Morgan fingerprint density at radius 3 is 2.61 bits per heavy atom. The summed E-state index contributed by atoms with van der Waals surface area (Å²) < 4.78 is 7.18. The number of hydrogen-bond donors (Lipinski definition) is 0. The number of ether oxygens (including phenoxy) is 1. The van der Waals surface area contributed by atoms with Crippen LogP contribution < -0.4 is 0 Å². The van der Waals surface area contributed by atoms with Gasteiger partial charge in [0.15, 0.2) is 6.10 Å². The second-order valence-electron chi connectivity index (χ2n) is 7.01. The highest BCUT2D eigenvalue weighted by molar-refractivity contribution is 6.36. The van der Waals surface area contributed by atoms with Crippen molar-refractivity contribution in [1.82, 2.24) is 15.0 Å². The molecule has 8 heteroatoms. The summed E-state index contributed by atoms with van der Waals surface area (Å²) in [5, 5.41) is 8.76. The second-order valence-corrected chi connectivity index (χ2v) is 7.86. The molecule has 4 rings (SSSR count). The first-order chi connectivity index (χ1) is 14.9. The number of esters is 1. The number of aromatic nitrogens is 3. The minimum Gasteiger partial charge on any atom is -0.448 e. The molecular weight excluding hydrogens is 437 g/mol. The van der Waals surface area contributed by atoms with Gasteiger partial charge in [-0.15, -0.1) is 5.10 Å². The fourth-order valence-corrected chi connectivity index (χ4v) is 3.70. The van der Waals surface area contributed by atoms with Crippen LogP contribution in [0.3, 0.4) is 0 Å². The first kappa shape index (κ1) is 21.0. The molecule has 0 spiro atoms. The maximum atomic E-state index is 13.3. The second kappa shape index (κ2) is 8.88. The van der Waals surface area contributed by atoms with Crippen molar-refractivity contribution >= 4 is 46.0 Å². The minimum absolute atomic E-state index is 0.00420. The molecule has 1 heterocycles. The van der Waals surface area contributed by atoms with Gasteiger partial charge in [0.05, 0.1) is 22.6 Å². The number of fused-ring (bicyclic) bond motifs is 1. The highest BCUT2D eigenvalue weighted by Gasteiger charge is 2.27. The van der Waals surface area contributed by atoms with Gasteiger partial charge in [-0.25, -0.2) is 9.48 Å². The van der Waals surface area contributed by atoms with Crippen LogP contribution in [0.15, 0.2) is 66.7 Å². The molecule has 6 nitrogen and oxygen atoms in total. The topological polar surface area (TPSA) is 74.1 Å². The van der Waals surface area contributed by atoms with E-state index in [9.17, 15) is 9.59 Å². The van der Waals surface area contributed by atoms with Gasteiger partial charge < -0.3 is 4.74 Å². The molecule has 156 valence electrons. The maximum Gasteiger partial charge on any atom is 0.340 e. The van der Waals surface area contributed by atoms with E-state index in [1.807, 2.05) is 37.3 Å². The zero-order chi connectivity index (χ0) is 22.0. The van der Waals surface area contributed by atoms with Gasteiger partial charge in [-0.1, -0.05) is 64.3 Å². The molecule has 0 saturated heterocycles. The summed E-state index contributed by atoms with van der Waals surface area (Å²) >= 11 is 12.1. The molecule has 3 aromatic carbocycles. The Morgan fingerprint density at radius 1 is 1.03 bits per heavy atom. The number of para-hydroxylation sites is 1. The number of carbonyl (C=O) groups excluding carboxylic acids is 2. The number of ketones is 1. The van der Waals surface area contributed by atoms with Gasteiger partial charge in [-0.05, 0) is 43.3 Å². The van der Waals surface area contributed by atoms with Crippen molar-refractivity contribution in [2.24, 2.45) is 0 Å². The number of rotatable bonds is 6. The van der Waals surface area contributed by atoms with Gasteiger partial charge in [0.25, 0.3) is 0 Å². The maximum absolute atomic E-state index is 13.3. The first-order valence-electron chi connectivity index (χ1n) is 9.47. The van der Waals surface area contributed by atoms with Gasteiger partial charge in [0.2, 0.25) is 5.78 Å². The Labute approximate surface area is 188 Å². The number of benzene rings is 3. The smallest absolute Gasteiger partial charge is 0.340 e. The molecule has 4 aromatic rings. The van der Waals surface area contributed by atoms with E-state index < -0.39 is 12.1 Å². The van der Waals surface area contributed by atoms with Crippen LogP contribution in [-0.2, 0) is 11.3 Å². The van der Waals surface area contributed by atoms with Gasteiger partial charge in [0, 0.05) is 10.6 Å². The normalized spacial score (nSPS) is 12.0. The van der Waals surface area contributed by atoms with Crippen LogP contribution >= 0.6 is 23.2 Å². The Bertz CT molecular complexity index is 1290. The van der Waals surface area contributed by atoms with Crippen LogP contribution in [0.25, 0.3) is 11.0 Å². The number of nitrogens with zero attached hydrogens (tertiary/aromatic N) is 3. The highest BCUT2D eigenvalue weighted by Crippen LogP contribution is 2.23. The summed E-state index contributed by atoms with van der Waals surface area (Å²) in [4.78, 5) is 26.1. The Kier molecular flexibility index (Phi) is 6.02. The zero-order valence-electron chi connectivity index (χ0n) is 16.5. The number of carbonyl (C=O) groups is 2. The average Bonchev–Trinajstić information content (AvgIpc) is 3.15. The van der Waals surface area contributed by atoms with Crippen molar-refractivity contribution < 1.29 is 14.3 Å². The number of halogens is 2. The van der Waals surface area contributed by atoms with Crippen LogP contribution in [-0.4, -0.2) is 32.9 Å². The van der Waals surface area contributed by atoms with Crippen molar-refractivity contribution in [3.63, 3.8) is 0 Å². The van der Waals surface area contributed by atoms with E-state index in [1.54, 1.807) is 22.9 Å². The Hall–Kier alpha value is -3.22. The highest BCUT2D eigenvalue weighted by atomic mass is 35.5. The molecule has 0 aliphatic rings. The standard InChI is InChI=1S/C23H17Cl2N3O3/c1-14-5-4-6-15(11-14)22(29)21(13-28-20-8-3-2-7-19(20)26-27-28)31-23(30)17-10-9-16(24)12-18(17)25/h2-12,21H,13H2,1H3. The van der Waals surface area contributed by atoms with Crippen LogP contribution in [0.1, 0.15) is 26.3 Å². The summed E-state index contributed by atoms with van der Waals surface area (Å²) in [5.74, 6) is -1.07. The molecule has 1 atom stereocenters. The van der Waals surface area contributed by atoms with E-state index >= 15 is 0 Å². The third-order valence-corrected chi connectivity index (χ3v) is 5.30. The van der Waals surface area contributed by atoms with E-state index in [1.165, 1.54) is 18.2 Å².